The zero-order chi connectivity index (χ0) is 43.7. The molecule has 2 heteroatoms. The van der Waals surface area contributed by atoms with E-state index in [1.165, 1.54) is 228 Å². The highest BCUT2D eigenvalue weighted by Crippen LogP contribution is 2.24. The van der Waals surface area contributed by atoms with Gasteiger partial charge >= 0.3 is 0 Å². The molecule has 0 fully saturated rings. The average molecular weight is 841 g/mol. The quantitative estimate of drug-likeness (QED) is 0.0351. The van der Waals surface area contributed by atoms with Crippen LogP contribution in [0.2, 0.25) is 0 Å². The van der Waals surface area contributed by atoms with Crippen LogP contribution in [-0.2, 0) is 38.5 Å². The van der Waals surface area contributed by atoms with Gasteiger partial charge in [-0.1, -0.05) is 229 Å². The minimum Gasteiger partial charge on any atom is -0.399 e. The molecule has 0 heterocycles. The predicted octanol–water partition coefficient (Wildman–Crippen LogP) is 17.9. The third kappa shape index (κ3) is 22.7. The number of unbranched alkanes of at least 4 members (excludes halogenated alkanes) is 25. The molecule has 4 aromatic carbocycles. The van der Waals surface area contributed by atoms with E-state index in [-0.39, 0.29) is 0 Å². The van der Waals surface area contributed by atoms with Crippen molar-refractivity contribution in [2.24, 2.45) is 0 Å². The van der Waals surface area contributed by atoms with Gasteiger partial charge in [0.05, 0.1) is 0 Å². The molecule has 0 aliphatic carbocycles. The summed E-state index contributed by atoms with van der Waals surface area (Å²) in [5.41, 5.74) is 25.6. The highest BCUT2D eigenvalue weighted by molar-refractivity contribution is 5.43. The summed E-state index contributed by atoms with van der Waals surface area (Å²) < 4.78 is 0. The summed E-state index contributed by atoms with van der Waals surface area (Å²) in [5.74, 6) is 0. The van der Waals surface area contributed by atoms with Crippen LogP contribution in [0, 0.1) is 0 Å². The van der Waals surface area contributed by atoms with Crippen LogP contribution in [0.15, 0.2) is 84.9 Å². The third-order valence-corrected chi connectivity index (χ3v) is 13.6. The normalized spacial score (nSPS) is 11.5. The van der Waals surface area contributed by atoms with E-state index in [1.807, 2.05) is 24.3 Å². The fourth-order valence-electron chi connectivity index (χ4n) is 9.52. The van der Waals surface area contributed by atoms with Crippen molar-refractivity contribution < 1.29 is 0 Å². The molecule has 0 aromatic heterocycles. The van der Waals surface area contributed by atoms with Crippen LogP contribution >= 0.6 is 0 Å². The summed E-state index contributed by atoms with van der Waals surface area (Å²) >= 11 is 0. The van der Waals surface area contributed by atoms with Gasteiger partial charge in [-0.2, -0.15) is 0 Å². The molecule has 0 spiro atoms. The molecule has 4 N–H and O–H groups in total. The second kappa shape index (κ2) is 33.1. The number of anilines is 2. The molecular weight excluding hydrogens is 749 g/mol. The highest BCUT2D eigenvalue weighted by atomic mass is 14.5. The lowest BCUT2D eigenvalue weighted by molar-refractivity contribution is 0.524. The molecule has 0 saturated heterocycles. The summed E-state index contributed by atoms with van der Waals surface area (Å²) in [4.78, 5) is 0. The fraction of sp³-hybridized carbons (Fsp3) is 0.600. The zero-order valence-corrected chi connectivity index (χ0v) is 40.3. The Kier molecular flexibility index (Phi) is 27.3. The molecule has 4 rings (SSSR count). The van der Waals surface area contributed by atoms with Crippen LogP contribution in [-0.4, -0.2) is 0 Å². The summed E-state index contributed by atoms with van der Waals surface area (Å²) in [7, 11) is 0. The van der Waals surface area contributed by atoms with Crippen molar-refractivity contribution in [2.45, 2.75) is 232 Å². The second-order valence-electron chi connectivity index (χ2n) is 19.2. The van der Waals surface area contributed by atoms with Crippen molar-refractivity contribution >= 4 is 11.4 Å². The lowest BCUT2D eigenvalue weighted by atomic mass is 9.92. The largest absolute Gasteiger partial charge is 0.399 e. The number of benzene rings is 4. The smallest absolute Gasteiger partial charge is 0.0314 e. The van der Waals surface area contributed by atoms with Gasteiger partial charge in [-0.25, -0.2) is 0 Å². The van der Waals surface area contributed by atoms with Gasteiger partial charge in [0.15, 0.2) is 0 Å². The summed E-state index contributed by atoms with van der Waals surface area (Å²) in [6.45, 7) is 4.61. The van der Waals surface area contributed by atoms with Crippen molar-refractivity contribution in [3.05, 3.63) is 129 Å². The minimum absolute atomic E-state index is 0.849. The van der Waals surface area contributed by atoms with E-state index in [0.29, 0.717) is 0 Å². The van der Waals surface area contributed by atoms with E-state index >= 15 is 0 Å². The van der Waals surface area contributed by atoms with Crippen molar-refractivity contribution in [1.29, 1.82) is 0 Å². The molecule has 0 radical (unpaired) electrons. The first kappa shape index (κ1) is 51.1. The monoisotopic (exact) mass is 841 g/mol. The third-order valence-electron chi connectivity index (χ3n) is 13.6. The Labute approximate surface area is 382 Å². The zero-order valence-electron chi connectivity index (χ0n) is 40.3. The Morgan fingerprint density at radius 1 is 0.258 bits per heavy atom. The van der Waals surface area contributed by atoms with Crippen LogP contribution < -0.4 is 11.5 Å². The Morgan fingerprint density at radius 3 is 0.823 bits per heavy atom. The number of hydrogen-bond donors (Lipinski definition) is 2. The van der Waals surface area contributed by atoms with Gasteiger partial charge < -0.3 is 11.5 Å². The first-order valence-electron chi connectivity index (χ1n) is 26.4. The molecule has 0 atom stereocenters. The highest BCUT2D eigenvalue weighted by Gasteiger charge is 2.09. The SMILES string of the molecule is CCCCCCCc1cc(CCCCCCCCCCCCCCCCCCCCc2ccc(Cc3ccc(N)cc3)c(CCCCCCC)c2)ccc1Cc1ccc(N)cc1. The second-order valence-corrected chi connectivity index (χ2v) is 19.2. The molecule has 0 saturated carbocycles. The number of nitrogen functional groups attached to an aromatic ring is 2. The summed E-state index contributed by atoms with van der Waals surface area (Å²) in [6, 6.07) is 31.7. The van der Waals surface area contributed by atoms with E-state index in [2.05, 4.69) is 74.5 Å². The first-order valence-corrected chi connectivity index (χ1v) is 26.4. The van der Waals surface area contributed by atoms with Gasteiger partial charge in [0, 0.05) is 11.4 Å². The predicted molar refractivity (Wildman–Crippen MR) is 276 cm³/mol. The van der Waals surface area contributed by atoms with Crippen LogP contribution in [0.1, 0.15) is 238 Å². The van der Waals surface area contributed by atoms with Crippen molar-refractivity contribution in [2.75, 3.05) is 11.5 Å². The van der Waals surface area contributed by atoms with E-state index < -0.39 is 0 Å². The Bertz CT molecular complexity index is 1560. The van der Waals surface area contributed by atoms with E-state index in [0.717, 1.165) is 24.2 Å². The topological polar surface area (TPSA) is 52.0 Å². The lowest BCUT2D eigenvalue weighted by Crippen LogP contribution is -1.99. The van der Waals surface area contributed by atoms with Gasteiger partial charge in [-0.3, -0.25) is 0 Å². The molecule has 0 unspecified atom stereocenters. The molecule has 62 heavy (non-hydrogen) atoms. The van der Waals surface area contributed by atoms with Crippen LogP contribution in [0.4, 0.5) is 11.4 Å². The molecule has 342 valence electrons. The minimum atomic E-state index is 0.849. The fourth-order valence-corrected chi connectivity index (χ4v) is 9.52. The Hall–Kier alpha value is -3.52. The lowest BCUT2D eigenvalue weighted by Gasteiger charge is -2.13. The Morgan fingerprint density at radius 2 is 0.516 bits per heavy atom. The molecule has 0 aliphatic rings. The number of rotatable bonds is 37. The van der Waals surface area contributed by atoms with Gasteiger partial charge in [-0.15, -0.1) is 0 Å². The first-order chi connectivity index (χ1) is 30.5. The van der Waals surface area contributed by atoms with Crippen molar-refractivity contribution in [1.82, 2.24) is 0 Å². The number of nitrogens with two attached hydrogens (primary N) is 2. The molecule has 0 bridgehead atoms. The maximum atomic E-state index is 5.95. The van der Waals surface area contributed by atoms with Crippen molar-refractivity contribution in [3.63, 3.8) is 0 Å². The standard InChI is InChI=1S/C60H92N2/c1-3-5-7-23-29-33-55-47-51(35-41-57(55)49-53-37-43-59(61)44-38-53)31-27-25-21-19-17-15-13-11-9-10-12-14-16-18-20-22-26-28-32-52-36-42-58(50-54-39-45-60(62)46-40-54)56(48-52)34-30-24-8-6-4-2/h35-48H,3-34,49-50,61-62H2,1-2H3. The maximum Gasteiger partial charge on any atom is 0.0314 e. The summed E-state index contributed by atoms with van der Waals surface area (Å²) in [6.07, 6.45) is 45.8. The average Bonchev–Trinajstić information content (AvgIpc) is 3.28. The molecule has 4 aromatic rings. The van der Waals surface area contributed by atoms with Gasteiger partial charge in [-0.05, 0) is 133 Å². The molecule has 0 aliphatic heterocycles. The molecular formula is C60H92N2. The molecule has 0 amide bonds. The number of hydrogen-bond acceptors (Lipinski definition) is 2. The van der Waals surface area contributed by atoms with Crippen LogP contribution in [0.5, 0.6) is 0 Å². The van der Waals surface area contributed by atoms with E-state index in [4.69, 9.17) is 11.5 Å². The number of aryl methyl sites for hydroxylation is 4. The van der Waals surface area contributed by atoms with E-state index in [9.17, 15) is 0 Å². The summed E-state index contributed by atoms with van der Waals surface area (Å²) in [5, 5.41) is 0. The van der Waals surface area contributed by atoms with Gasteiger partial charge in [0.2, 0.25) is 0 Å². The van der Waals surface area contributed by atoms with Crippen molar-refractivity contribution in [3.8, 4) is 0 Å². The van der Waals surface area contributed by atoms with Crippen LogP contribution in [0.3, 0.4) is 0 Å². The Balaban J connectivity index is 0.961. The van der Waals surface area contributed by atoms with Gasteiger partial charge in [0.25, 0.3) is 0 Å². The maximum absolute atomic E-state index is 5.95. The van der Waals surface area contributed by atoms with Crippen LogP contribution in [0.25, 0.3) is 0 Å². The van der Waals surface area contributed by atoms with E-state index in [1.54, 1.807) is 22.3 Å². The van der Waals surface area contributed by atoms with Gasteiger partial charge in [0.1, 0.15) is 0 Å². The molecule has 2 nitrogen and oxygen atoms in total.